The third-order valence-corrected chi connectivity index (χ3v) is 7.54. The van der Waals surface area contributed by atoms with Crippen LogP contribution in [0.3, 0.4) is 0 Å². The van der Waals surface area contributed by atoms with Gasteiger partial charge in [-0.3, -0.25) is 19.3 Å². The minimum Gasteiger partial charge on any atom is -0.328 e. The Hall–Kier alpha value is 0.0500. The van der Waals surface area contributed by atoms with E-state index < -0.39 is 12.5 Å². The largest absolute Gasteiger partial charge is 0.328 e. The highest BCUT2D eigenvalue weighted by atomic mass is 31.2. The van der Waals surface area contributed by atoms with E-state index in [9.17, 15) is 14.3 Å². The second kappa shape index (κ2) is 7.17. The molecule has 1 fully saturated rings. The van der Waals surface area contributed by atoms with Crippen LogP contribution in [0.5, 0.6) is 0 Å². The Labute approximate surface area is 118 Å². The van der Waals surface area contributed by atoms with Crippen molar-refractivity contribution in [1.82, 2.24) is 9.99 Å². The van der Waals surface area contributed by atoms with Crippen LogP contribution in [0.4, 0.5) is 0 Å². The normalized spacial score (nSPS) is 31.8. The van der Waals surface area contributed by atoms with Crippen LogP contribution >= 0.6 is 16.8 Å². The lowest BCUT2D eigenvalue weighted by molar-refractivity contribution is -0.128. The lowest BCUT2D eigenvalue weighted by Gasteiger charge is -2.44. The van der Waals surface area contributed by atoms with E-state index in [4.69, 9.17) is 0 Å². The summed E-state index contributed by atoms with van der Waals surface area (Å²) < 4.78 is 13.9. The quantitative estimate of drug-likeness (QED) is 0.560. The van der Waals surface area contributed by atoms with Gasteiger partial charge in [-0.1, -0.05) is 26.7 Å². The Morgan fingerprint density at radius 3 is 2.63 bits per heavy atom. The SMILES string of the molecule is CCCCNC1(P)CCC(=O)N(CCCC)P1(=O)O. The number of nitrogens with zero attached hydrogens (tertiary/aromatic N) is 1. The predicted molar refractivity (Wildman–Crippen MR) is 81.0 cm³/mol. The van der Waals surface area contributed by atoms with Crippen LogP contribution in [0.15, 0.2) is 0 Å². The van der Waals surface area contributed by atoms with E-state index in [-0.39, 0.29) is 5.91 Å². The second-order valence-corrected chi connectivity index (χ2v) is 8.96. The van der Waals surface area contributed by atoms with Crippen molar-refractivity contribution in [2.45, 2.75) is 57.4 Å². The number of carbonyl (C=O) groups excluding carboxylic acids is 1. The molecule has 1 aliphatic heterocycles. The number of unbranched alkanes of at least 4 members (excludes halogenated alkanes) is 2. The third-order valence-electron chi connectivity index (χ3n) is 3.54. The Morgan fingerprint density at radius 1 is 1.42 bits per heavy atom. The first-order chi connectivity index (χ1) is 8.89. The molecule has 3 atom stereocenters. The summed E-state index contributed by atoms with van der Waals surface area (Å²) in [5, 5.41) is 2.23. The molecule has 0 bridgehead atoms. The lowest BCUT2D eigenvalue weighted by atomic mass is 10.2. The van der Waals surface area contributed by atoms with Gasteiger partial charge in [0, 0.05) is 13.0 Å². The number of carbonyl (C=O) groups is 1. The zero-order valence-corrected chi connectivity index (χ0v) is 13.9. The molecular weight excluding hydrogens is 282 g/mol. The molecule has 3 unspecified atom stereocenters. The molecule has 112 valence electrons. The standard InChI is InChI=1S/C12H26N2O3P2/c1-3-5-9-13-12(18)8-7-11(15)14(10-6-4-2)19(12,16)17/h13H,3-10,18H2,1-2H3,(H,16,17). The van der Waals surface area contributed by atoms with E-state index in [1.165, 1.54) is 4.67 Å². The smallest absolute Gasteiger partial charge is 0.319 e. The van der Waals surface area contributed by atoms with Crippen molar-refractivity contribution < 1.29 is 14.3 Å². The first-order valence-corrected chi connectivity index (χ1v) is 9.25. The molecule has 19 heavy (non-hydrogen) atoms. The summed E-state index contributed by atoms with van der Waals surface area (Å²) in [6, 6.07) is 0. The van der Waals surface area contributed by atoms with Gasteiger partial charge in [-0.25, -0.2) is 0 Å². The van der Waals surface area contributed by atoms with Crippen molar-refractivity contribution in [3.05, 3.63) is 0 Å². The topological polar surface area (TPSA) is 69.6 Å². The van der Waals surface area contributed by atoms with Crippen LogP contribution in [0.2, 0.25) is 0 Å². The van der Waals surface area contributed by atoms with Crippen molar-refractivity contribution in [1.29, 1.82) is 0 Å². The van der Waals surface area contributed by atoms with Crippen LogP contribution in [0.1, 0.15) is 52.4 Å². The molecule has 0 aromatic carbocycles. The maximum Gasteiger partial charge on any atom is 0.319 e. The zero-order valence-electron chi connectivity index (χ0n) is 11.9. The third kappa shape index (κ3) is 3.78. The molecule has 1 heterocycles. The molecule has 2 N–H and O–H groups in total. The maximum absolute atomic E-state index is 12.7. The van der Waals surface area contributed by atoms with Crippen LogP contribution in [-0.4, -0.2) is 33.6 Å². The van der Waals surface area contributed by atoms with Gasteiger partial charge in [0.05, 0.1) is 0 Å². The van der Waals surface area contributed by atoms with E-state index in [0.29, 0.717) is 25.9 Å². The van der Waals surface area contributed by atoms with Gasteiger partial charge in [-0.15, -0.1) is 9.24 Å². The van der Waals surface area contributed by atoms with E-state index in [1.54, 1.807) is 0 Å². The van der Waals surface area contributed by atoms with Crippen molar-refractivity contribution in [2.75, 3.05) is 13.1 Å². The van der Waals surface area contributed by atoms with Gasteiger partial charge in [0.15, 0.2) is 0 Å². The summed E-state index contributed by atoms with van der Waals surface area (Å²) in [4.78, 5) is 22.3. The van der Waals surface area contributed by atoms with Crippen LogP contribution in [-0.2, 0) is 9.36 Å². The lowest BCUT2D eigenvalue weighted by Crippen LogP contribution is -2.50. The van der Waals surface area contributed by atoms with Gasteiger partial charge in [0.25, 0.3) is 0 Å². The Bertz CT molecular complexity index is 365. The molecule has 7 heteroatoms. The highest BCUT2D eigenvalue weighted by Gasteiger charge is 2.52. The molecule has 0 aromatic heterocycles. The highest BCUT2D eigenvalue weighted by Crippen LogP contribution is 2.64. The molecule has 0 aromatic rings. The van der Waals surface area contributed by atoms with Crippen LogP contribution < -0.4 is 5.32 Å². The summed E-state index contributed by atoms with van der Waals surface area (Å²) in [7, 11) is -1.22. The molecule has 0 radical (unpaired) electrons. The maximum atomic E-state index is 12.7. The average molecular weight is 308 g/mol. The van der Waals surface area contributed by atoms with Crippen molar-refractivity contribution in [3.8, 4) is 0 Å². The van der Waals surface area contributed by atoms with Crippen molar-refractivity contribution >= 4 is 22.7 Å². The van der Waals surface area contributed by atoms with Crippen LogP contribution in [0.25, 0.3) is 0 Å². The number of amides is 1. The monoisotopic (exact) mass is 308 g/mol. The molecule has 1 rings (SSSR count). The fourth-order valence-corrected chi connectivity index (χ4v) is 4.85. The Morgan fingerprint density at radius 2 is 2.05 bits per heavy atom. The second-order valence-electron chi connectivity index (χ2n) is 5.12. The van der Waals surface area contributed by atoms with Crippen molar-refractivity contribution in [2.24, 2.45) is 0 Å². The van der Waals surface area contributed by atoms with Gasteiger partial charge in [0.2, 0.25) is 5.91 Å². The van der Waals surface area contributed by atoms with E-state index >= 15 is 0 Å². The van der Waals surface area contributed by atoms with Gasteiger partial charge >= 0.3 is 7.52 Å². The summed E-state index contributed by atoms with van der Waals surface area (Å²) in [5.74, 6) is -0.199. The van der Waals surface area contributed by atoms with Crippen LogP contribution in [0, 0.1) is 0 Å². The van der Waals surface area contributed by atoms with Gasteiger partial charge < -0.3 is 4.89 Å². The van der Waals surface area contributed by atoms with E-state index in [0.717, 1.165) is 25.7 Å². The molecule has 1 saturated heterocycles. The summed E-state index contributed by atoms with van der Waals surface area (Å²) in [6.45, 7) is 5.15. The molecular formula is C12H26N2O3P2. The molecule has 1 amide bonds. The first-order valence-electron chi connectivity index (χ1n) is 7.06. The fraction of sp³-hybridized carbons (Fsp3) is 0.917. The Balaban J connectivity index is 2.83. The van der Waals surface area contributed by atoms with E-state index in [1.807, 2.05) is 6.92 Å². The number of hydrogen-bond acceptors (Lipinski definition) is 3. The molecule has 5 nitrogen and oxygen atoms in total. The highest BCUT2D eigenvalue weighted by molar-refractivity contribution is 7.65. The number of rotatable bonds is 7. The number of hydrogen-bond donors (Lipinski definition) is 2. The van der Waals surface area contributed by atoms with E-state index in [2.05, 4.69) is 21.5 Å². The minimum atomic E-state index is -3.71. The minimum absolute atomic E-state index is 0.199. The molecule has 0 spiro atoms. The Kier molecular flexibility index (Phi) is 6.46. The summed E-state index contributed by atoms with van der Waals surface area (Å²) >= 11 is 0. The van der Waals surface area contributed by atoms with Gasteiger partial charge in [0.1, 0.15) is 5.02 Å². The zero-order chi connectivity index (χ0) is 14.5. The summed E-state index contributed by atoms with van der Waals surface area (Å²) in [5.41, 5.74) is 0. The van der Waals surface area contributed by atoms with Crippen molar-refractivity contribution in [3.63, 3.8) is 0 Å². The molecule has 1 aliphatic rings. The number of nitrogens with one attached hydrogen (secondary N) is 1. The molecule has 0 saturated carbocycles. The van der Waals surface area contributed by atoms with Gasteiger partial charge in [-0.2, -0.15) is 0 Å². The molecule has 0 aliphatic carbocycles. The predicted octanol–water partition coefficient (Wildman–Crippen LogP) is 2.51. The average Bonchev–Trinajstić information content (AvgIpc) is 2.35. The first kappa shape index (κ1) is 17.1. The van der Waals surface area contributed by atoms with Gasteiger partial charge in [-0.05, 0) is 25.8 Å². The summed E-state index contributed by atoms with van der Waals surface area (Å²) in [6.07, 6.45) is 4.37. The fourth-order valence-electron chi connectivity index (χ4n) is 2.18.